The lowest BCUT2D eigenvalue weighted by Crippen LogP contribution is -2.36. The normalized spacial score (nSPS) is 13.5. The molecular formula is C26H32N6O3. The van der Waals surface area contributed by atoms with Gasteiger partial charge < -0.3 is 20.1 Å². The van der Waals surface area contributed by atoms with Crippen LogP contribution in [0.4, 0.5) is 5.82 Å². The Kier molecular flexibility index (Phi) is 7.22. The van der Waals surface area contributed by atoms with Crippen LogP contribution in [0, 0.1) is 17.2 Å². The predicted octanol–water partition coefficient (Wildman–Crippen LogP) is 3.16. The van der Waals surface area contributed by atoms with Gasteiger partial charge in [-0.2, -0.15) is 10.4 Å². The number of rotatable bonds is 11. The van der Waals surface area contributed by atoms with E-state index in [9.17, 15) is 15.2 Å². The Morgan fingerprint density at radius 1 is 1.34 bits per heavy atom. The minimum Gasteiger partial charge on any atom is -0.489 e. The van der Waals surface area contributed by atoms with Crippen molar-refractivity contribution in [3.05, 3.63) is 42.4 Å². The Morgan fingerprint density at radius 3 is 2.77 bits per heavy atom. The van der Waals surface area contributed by atoms with Gasteiger partial charge in [0.15, 0.2) is 0 Å². The third-order valence-corrected chi connectivity index (χ3v) is 5.80. The fourth-order valence-electron chi connectivity index (χ4n) is 3.88. The molecule has 1 amide bonds. The maximum absolute atomic E-state index is 11.9. The predicted molar refractivity (Wildman–Crippen MR) is 133 cm³/mol. The molecule has 2 N–H and O–H groups in total. The minimum atomic E-state index is -0.985. The number of ether oxygens (including phenoxy) is 1. The van der Waals surface area contributed by atoms with Crippen LogP contribution in [-0.2, 0) is 4.79 Å². The number of pyridine rings is 2. The van der Waals surface area contributed by atoms with Crippen LogP contribution in [0.2, 0.25) is 0 Å². The first-order chi connectivity index (χ1) is 16.8. The zero-order valence-corrected chi connectivity index (χ0v) is 20.5. The molecule has 0 saturated heterocycles. The quantitative estimate of drug-likeness (QED) is 0.437. The SMILES string of the molecule is CCCN(CCNC(=O)C1CC1)c1ccc(-c2cc(OCC(C)(C)O)cn3ncc(C#N)c23)cn1. The van der Waals surface area contributed by atoms with Gasteiger partial charge in [-0.25, -0.2) is 9.50 Å². The Hall–Kier alpha value is -3.64. The lowest BCUT2D eigenvalue weighted by molar-refractivity contribution is -0.122. The first-order valence-electron chi connectivity index (χ1n) is 12.0. The largest absolute Gasteiger partial charge is 0.489 e. The molecule has 1 fully saturated rings. The molecule has 0 bridgehead atoms. The topological polar surface area (TPSA) is 116 Å². The van der Waals surface area contributed by atoms with E-state index in [2.05, 4.69) is 28.3 Å². The van der Waals surface area contributed by atoms with E-state index in [0.717, 1.165) is 42.8 Å². The highest BCUT2D eigenvalue weighted by molar-refractivity contribution is 5.85. The van der Waals surface area contributed by atoms with E-state index in [-0.39, 0.29) is 18.4 Å². The molecule has 0 radical (unpaired) electrons. The number of amides is 1. The number of carbonyl (C=O) groups excluding carboxylic acids is 1. The average Bonchev–Trinajstić information content (AvgIpc) is 3.61. The summed E-state index contributed by atoms with van der Waals surface area (Å²) in [5.74, 6) is 1.71. The third kappa shape index (κ3) is 6.08. The summed E-state index contributed by atoms with van der Waals surface area (Å²) in [5, 5.41) is 27.0. The number of nitrogens with one attached hydrogen (secondary N) is 1. The van der Waals surface area contributed by atoms with Crippen LogP contribution in [0.1, 0.15) is 45.6 Å². The van der Waals surface area contributed by atoms with Crippen LogP contribution < -0.4 is 15.0 Å². The van der Waals surface area contributed by atoms with Crippen molar-refractivity contribution in [3.8, 4) is 22.9 Å². The zero-order chi connectivity index (χ0) is 25.0. The molecule has 1 aliphatic rings. The van der Waals surface area contributed by atoms with E-state index < -0.39 is 5.60 Å². The number of hydrogen-bond donors (Lipinski definition) is 2. The molecular weight excluding hydrogens is 444 g/mol. The molecule has 35 heavy (non-hydrogen) atoms. The van der Waals surface area contributed by atoms with Crippen LogP contribution in [0.3, 0.4) is 0 Å². The van der Waals surface area contributed by atoms with Gasteiger partial charge in [0.05, 0.1) is 29.1 Å². The summed E-state index contributed by atoms with van der Waals surface area (Å²) in [6.07, 6.45) is 7.96. The minimum absolute atomic E-state index is 0.116. The highest BCUT2D eigenvalue weighted by atomic mass is 16.5. The van der Waals surface area contributed by atoms with Gasteiger partial charge in [-0.15, -0.1) is 0 Å². The average molecular weight is 477 g/mol. The summed E-state index contributed by atoms with van der Waals surface area (Å²) < 4.78 is 7.42. The number of aliphatic hydroxyl groups is 1. The van der Waals surface area contributed by atoms with Crippen LogP contribution in [-0.4, -0.2) is 57.5 Å². The molecule has 0 spiro atoms. The summed E-state index contributed by atoms with van der Waals surface area (Å²) in [5.41, 5.74) is 1.73. The molecule has 184 valence electrons. The van der Waals surface area contributed by atoms with Gasteiger partial charge in [0.25, 0.3) is 0 Å². The fourth-order valence-corrected chi connectivity index (χ4v) is 3.88. The maximum atomic E-state index is 11.9. The summed E-state index contributed by atoms with van der Waals surface area (Å²) in [6.45, 7) is 7.68. The molecule has 0 unspecified atom stereocenters. The summed E-state index contributed by atoms with van der Waals surface area (Å²) in [7, 11) is 0. The fraction of sp³-hybridized carbons (Fsp3) is 0.462. The first kappa shape index (κ1) is 24.5. The van der Waals surface area contributed by atoms with Crippen LogP contribution in [0.15, 0.2) is 36.8 Å². The van der Waals surface area contributed by atoms with Crippen LogP contribution in [0.5, 0.6) is 5.75 Å². The summed E-state index contributed by atoms with van der Waals surface area (Å²) in [4.78, 5) is 18.8. The van der Waals surface area contributed by atoms with Gasteiger partial charge in [-0.3, -0.25) is 4.79 Å². The zero-order valence-electron chi connectivity index (χ0n) is 20.5. The molecule has 1 aliphatic carbocycles. The van der Waals surface area contributed by atoms with E-state index in [1.165, 1.54) is 6.20 Å². The highest BCUT2D eigenvalue weighted by Gasteiger charge is 2.29. The second-order valence-corrected chi connectivity index (χ2v) is 9.61. The summed E-state index contributed by atoms with van der Waals surface area (Å²) in [6, 6.07) is 7.97. The van der Waals surface area contributed by atoms with E-state index in [0.29, 0.717) is 29.9 Å². The van der Waals surface area contributed by atoms with Crippen molar-refractivity contribution in [2.24, 2.45) is 5.92 Å². The number of hydrogen-bond acceptors (Lipinski definition) is 7. The lowest BCUT2D eigenvalue weighted by Gasteiger charge is -2.23. The van der Waals surface area contributed by atoms with Gasteiger partial charge in [-0.05, 0) is 51.3 Å². The molecule has 3 aromatic rings. The number of anilines is 1. The molecule has 0 aromatic carbocycles. The van der Waals surface area contributed by atoms with Gasteiger partial charge >= 0.3 is 0 Å². The van der Waals surface area contributed by atoms with Gasteiger partial charge in [0.1, 0.15) is 24.2 Å². The molecule has 0 aliphatic heterocycles. The highest BCUT2D eigenvalue weighted by Crippen LogP contribution is 2.32. The van der Waals surface area contributed by atoms with E-state index in [1.807, 2.05) is 18.2 Å². The van der Waals surface area contributed by atoms with Crippen molar-refractivity contribution in [2.45, 2.75) is 45.6 Å². The van der Waals surface area contributed by atoms with Crippen LogP contribution in [0.25, 0.3) is 16.6 Å². The van der Waals surface area contributed by atoms with Crippen molar-refractivity contribution in [1.82, 2.24) is 19.9 Å². The molecule has 3 heterocycles. The second-order valence-electron chi connectivity index (χ2n) is 9.61. The molecule has 9 heteroatoms. The van der Waals surface area contributed by atoms with E-state index in [1.54, 1.807) is 30.8 Å². The molecule has 3 aromatic heterocycles. The standard InChI is InChI=1S/C26H32N6O3/c1-4-10-31(11-9-28-25(33)18-5-6-18)23-8-7-19(14-29-23)22-12-21(35-17-26(2,3)34)16-32-24(22)20(13-27)15-30-32/h7-8,12,14-16,18,34H,4-6,9-11,17H2,1-3H3,(H,28,33). The number of nitrogens with zero attached hydrogens (tertiary/aromatic N) is 5. The van der Waals surface area contributed by atoms with Crippen LogP contribution >= 0.6 is 0 Å². The first-order valence-corrected chi connectivity index (χ1v) is 12.0. The molecule has 4 rings (SSSR count). The second kappa shape index (κ2) is 10.3. The van der Waals surface area contributed by atoms with Gasteiger partial charge in [0, 0.05) is 42.9 Å². The Balaban J connectivity index is 1.58. The van der Waals surface area contributed by atoms with E-state index in [4.69, 9.17) is 9.72 Å². The van der Waals surface area contributed by atoms with E-state index >= 15 is 0 Å². The van der Waals surface area contributed by atoms with Gasteiger partial charge in [-0.1, -0.05) is 6.92 Å². The smallest absolute Gasteiger partial charge is 0.223 e. The molecule has 0 atom stereocenters. The van der Waals surface area contributed by atoms with Crippen molar-refractivity contribution in [1.29, 1.82) is 5.26 Å². The van der Waals surface area contributed by atoms with Gasteiger partial charge in [0.2, 0.25) is 5.91 Å². The Labute approximate surface area is 205 Å². The number of fused-ring (bicyclic) bond motifs is 1. The van der Waals surface area contributed by atoms with Crippen molar-refractivity contribution < 1.29 is 14.6 Å². The Bertz CT molecular complexity index is 1220. The van der Waals surface area contributed by atoms with Crippen molar-refractivity contribution >= 4 is 17.2 Å². The maximum Gasteiger partial charge on any atom is 0.223 e. The molecule has 1 saturated carbocycles. The van der Waals surface area contributed by atoms with Crippen molar-refractivity contribution in [2.75, 3.05) is 31.1 Å². The summed E-state index contributed by atoms with van der Waals surface area (Å²) >= 11 is 0. The number of carbonyl (C=O) groups is 1. The number of nitriles is 1. The monoisotopic (exact) mass is 476 g/mol. The lowest BCUT2D eigenvalue weighted by atomic mass is 10.1. The molecule has 9 nitrogen and oxygen atoms in total. The number of aromatic nitrogens is 3. The third-order valence-electron chi connectivity index (χ3n) is 5.80. The van der Waals surface area contributed by atoms with Crippen molar-refractivity contribution in [3.63, 3.8) is 0 Å². The Morgan fingerprint density at radius 2 is 2.14 bits per heavy atom.